The number of carbonyl (C=O) groups excluding carboxylic acids is 1. The van der Waals surface area contributed by atoms with Crippen molar-refractivity contribution in [3.8, 4) is 0 Å². The van der Waals surface area contributed by atoms with Gasteiger partial charge in [-0.2, -0.15) is 0 Å². The molecule has 0 aliphatic carbocycles. The molecule has 0 spiro atoms. The maximum absolute atomic E-state index is 13.3. The first-order valence-electron chi connectivity index (χ1n) is 7.31. The smallest absolute Gasteiger partial charge is 0.221 e. The van der Waals surface area contributed by atoms with Crippen molar-refractivity contribution < 1.29 is 17.6 Å². The van der Waals surface area contributed by atoms with E-state index in [0.29, 0.717) is 6.54 Å². The number of rotatable bonds is 5. The number of piperidine rings is 1. The van der Waals surface area contributed by atoms with Crippen LogP contribution in [0.15, 0.2) is 24.3 Å². The lowest BCUT2D eigenvalue weighted by Gasteiger charge is -2.34. The Bertz CT molecular complexity index is 633. The summed E-state index contributed by atoms with van der Waals surface area (Å²) in [5, 5.41) is 2.87. The summed E-state index contributed by atoms with van der Waals surface area (Å²) in [4.78, 5) is 13.8. The van der Waals surface area contributed by atoms with E-state index in [1.165, 1.54) is 12.1 Å². The van der Waals surface area contributed by atoms with Gasteiger partial charge in [0.1, 0.15) is 15.7 Å². The number of anilines is 1. The zero-order valence-electron chi connectivity index (χ0n) is 12.6. The molecular formula is C15H21FN2O3S. The average molecular weight is 328 g/mol. The molecule has 1 aromatic carbocycles. The van der Waals surface area contributed by atoms with Crippen LogP contribution < -0.4 is 10.2 Å². The minimum absolute atomic E-state index is 0.0186. The van der Waals surface area contributed by atoms with Crippen molar-refractivity contribution in [3.05, 3.63) is 30.1 Å². The highest BCUT2D eigenvalue weighted by atomic mass is 32.2. The van der Waals surface area contributed by atoms with E-state index in [9.17, 15) is 17.6 Å². The fourth-order valence-electron chi connectivity index (χ4n) is 2.58. The molecule has 0 saturated carbocycles. The van der Waals surface area contributed by atoms with Gasteiger partial charge >= 0.3 is 0 Å². The highest BCUT2D eigenvalue weighted by Gasteiger charge is 2.22. The van der Waals surface area contributed by atoms with Crippen molar-refractivity contribution in [2.45, 2.75) is 25.3 Å². The molecule has 1 amide bonds. The second-order valence-corrected chi connectivity index (χ2v) is 7.97. The molecule has 7 heteroatoms. The van der Waals surface area contributed by atoms with Crippen LogP contribution in [0.5, 0.6) is 0 Å². The maximum Gasteiger partial charge on any atom is 0.221 e. The summed E-state index contributed by atoms with van der Waals surface area (Å²) in [6.45, 7) is 1.42. The number of amides is 1. The van der Waals surface area contributed by atoms with E-state index in [0.717, 1.165) is 31.3 Å². The lowest BCUT2D eigenvalue weighted by Crippen LogP contribution is -2.48. The van der Waals surface area contributed by atoms with Gasteiger partial charge in [-0.15, -0.1) is 0 Å². The van der Waals surface area contributed by atoms with Gasteiger partial charge in [0.25, 0.3) is 0 Å². The number of benzene rings is 1. The summed E-state index contributed by atoms with van der Waals surface area (Å²) in [5.74, 6) is -0.674. The van der Waals surface area contributed by atoms with Gasteiger partial charge in [-0.3, -0.25) is 4.79 Å². The number of halogens is 1. The SMILES string of the molecule is CS(=O)(=O)CCC(=O)N[C@H]1CCCN(c2cccc(F)c2)C1. The van der Waals surface area contributed by atoms with E-state index >= 15 is 0 Å². The van der Waals surface area contributed by atoms with Gasteiger partial charge in [0.15, 0.2) is 0 Å². The van der Waals surface area contributed by atoms with E-state index in [1.54, 1.807) is 6.07 Å². The minimum atomic E-state index is -3.13. The third-order valence-electron chi connectivity index (χ3n) is 3.66. The molecule has 0 unspecified atom stereocenters. The van der Waals surface area contributed by atoms with E-state index in [-0.39, 0.29) is 29.9 Å². The van der Waals surface area contributed by atoms with Gasteiger partial charge < -0.3 is 10.2 Å². The Morgan fingerprint density at radius 3 is 2.91 bits per heavy atom. The molecule has 5 nitrogen and oxygen atoms in total. The van der Waals surface area contributed by atoms with Gasteiger partial charge in [-0.1, -0.05) is 6.07 Å². The number of sulfone groups is 1. The van der Waals surface area contributed by atoms with Crippen LogP contribution in [0, 0.1) is 5.82 Å². The summed E-state index contributed by atoms with van der Waals surface area (Å²) in [6.07, 6.45) is 2.84. The normalized spacial score (nSPS) is 19.0. The monoisotopic (exact) mass is 328 g/mol. The van der Waals surface area contributed by atoms with Crippen LogP contribution in [0.3, 0.4) is 0 Å². The molecule has 122 valence electrons. The van der Waals surface area contributed by atoms with E-state index < -0.39 is 9.84 Å². The first-order valence-corrected chi connectivity index (χ1v) is 9.37. The average Bonchev–Trinajstić information content (AvgIpc) is 2.45. The van der Waals surface area contributed by atoms with Crippen molar-refractivity contribution in [2.24, 2.45) is 0 Å². The minimum Gasteiger partial charge on any atom is -0.369 e. The van der Waals surface area contributed by atoms with Crippen molar-refractivity contribution in [1.29, 1.82) is 0 Å². The zero-order valence-corrected chi connectivity index (χ0v) is 13.4. The standard InChI is InChI=1S/C15H21FN2O3S/c1-22(20,21)9-7-15(19)17-13-5-3-8-18(11-13)14-6-2-4-12(16)10-14/h2,4,6,10,13H,3,5,7-9,11H2,1H3,(H,17,19)/t13-/m0/s1. The van der Waals surface area contributed by atoms with Crippen LogP contribution in [0.4, 0.5) is 10.1 Å². The number of hydrogen-bond donors (Lipinski definition) is 1. The van der Waals surface area contributed by atoms with E-state index in [2.05, 4.69) is 5.32 Å². The first kappa shape index (κ1) is 16.7. The van der Waals surface area contributed by atoms with E-state index in [1.807, 2.05) is 11.0 Å². The molecule has 1 heterocycles. The predicted octanol–water partition coefficient (Wildman–Crippen LogP) is 1.35. The molecule has 1 aliphatic heterocycles. The highest BCUT2D eigenvalue weighted by molar-refractivity contribution is 7.90. The Balaban J connectivity index is 1.89. The lowest BCUT2D eigenvalue weighted by molar-refractivity contribution is -0.121. The Labute approximate surface area is 130 Å². The molecule has 0 aromatic heterocycles. The summed E-state index contributed by atoms with van der Waals surface area (Å²) in [5.41, 5.74) is 0.801. The Kier molecular flexibility index (Phi) is 5.39. The first-order chi connectivity index (χ1) is 10.3. The Hall–Kier alpha value is -1.63. The van der Waals surface area contributed by atoms with Gasteiger partial charge in [-0.25, -0.2) is 12.8 Å². The summed E-state index contributed by atoms with van der Waals surface area (Å²) >= 11 is 0. The number of nitrogens with zero attached hydrogens (tertiary/aromatic N) is 1. The van der Waals surface area contributed by atoms with Crippen LogP contribution in [-0.2, 0) is 14.6 Å². The zero-order chi connectivity index (χ0) is 16.2. The predicted molar refractivity (Wildman–Crippen MR) is 84.1 cm³/mol. The number of carbonyl (C=O) groups is 1. The second kappa shape index (κ2) is 7.09. The molecule has 1 aliphatic rings. The second-order valence-electron chi connectivity index (χ2n) is 5.71. The molecule has 1 N–H and O–H groups in total. The quantitative estimate of drug-likeness (QED) is 0.886. The number of nitrogens with one attached hydrogen (secondary N) is 1. The van der Waals surface area contributed by atoms with Crippen LogP contribution in [0.2, 0.25) is 0 Å². The topological polar surface area (TPSA) is 66.5 Å². The van der Waals surface area contributed by atoms with Crippen molar-refractivity contribution in [2.75, 3.05) is 30.0 Å². The van der Waals surface area contributed by atoms with Gasteiger partial charge in [0, 0.05) is 37.5 Å². The number of hydrogen-bond acceptors (Lipinski definition) is 4. The maximum atomic E-state index is 13.3. The third-order valence-corrected chi connectivity index (χ3v) is 4.61. The molecule has 1 saturated heterocycles. The molecule has 22 heavy (non-hydrogen) atoms. The Morgan fingerprint density at radius 2 is 2.23 bits per heavy atom. The fraction of sp³-hybridized carbons (Fsp3) is 0.533. The summed E-state index contributed by atoms with van der Waals surface area (Å²) in [7, 11) is -3.13. The van der Waals surface area contributed by atoms with Gasteiger partial charge in [0.05, 0.1) is 5.75 Å². The van der Waals surface area contributed by atoms with Crippen LogP contribution >= 0.6 is 0 Å². The van der Waals surface area contributed by atoms with Crippen molar-refractivity contribution >= 4 is 21.4 Å². The molecule has 1 fully saturated rings. The molecule has 0 radical (unpaired) electrons. The van der Waals surface area contributed by atoms with E-state index in [4.69, 9.17) is 0 Å². The largest absolute Gasteiger partial charge is 0.369 e. The van der Waals surface area contributed by atoms with Gasteiger partial charge in [0.2, 0.25) is 5.91 Å². The molecular weight excluding hydrogens is 307 g/mol. The molecule has 1 aromatic rings. The van der Waals surface area contributed by atoms with Crippen LogP contribution in [0.25, 0.3) is 0 Å². The van der Waals surface area contributed by atoms with Crippen molar-refractivity contribution in [3.63, 3.8) is 0 Å². The van der Waals surface area contributed by atoms with Crippen molar-refractivity contribution in [1.82, 2.24) is 5.32 Å². The molecule has 1 atom stereocenters. The van der Waals surface area contributed by atoms with Gasteiger partial charge in [-0.05, 0) is 31.0 Å². The van der Waals surface area contributed by atoms with Crippen LogP contribution in [0.1, 0.15) is 19.3 Å². The summed E-state index contributed by atoms with van der Waals surface area (Å²) in [6, 6.07) is 6.35. The fourth-order valence-corrected chi connectivity index (χ4v) is 3.14. The van der Waals surface area contributed by atoms with Crippen LogP contribution in [-0.4, -0.2) is 45.5 Å². The molecule has 2 rings (SSSR count). The lowest BCUT2D eigenvalue weighted by atomic mass is 10.0. The molecule has 0 bridgehead atoms. The summed E-state index contributed by atoms with van der Waals surface area (Å²) < 4.78 is 35.4. The highest BCUT2D eigenvalue weighted by Crippen LogP contribution is 2.20. The third kappa shape index (κ3) is 5.29. The Morgan fingerprint density at radius 1 is 1.45 bits per heavy atom.